The van der Waals surface area contributed by atoms with E-state index in [1.807, 2.05) is 32.9 Å². The second kappa shape index (κ2) is 11.0. The Bertz CT molecular complexity index is 1210. The van der Waals surface area contributed by atoms with Crippen molar-refractivity contribution in [2.75, 3.05) is 36.4 Å². The van der Waals surface area contributed by atoms with Crippen LogP contribution in [0.3, 0.4) is 0 Å². The summed E-state index contributed by atoms with van der Waals surface area (Å²) in [7, 11) is 0. The van der Waals surface area contributed by atoms with Gasteiger partial charge in [-0.2, -0.15) is 4.98 Å². The van der Waals surface area contributed by atoms with Crippen molar-refractivity contribution in [2.45, 2.75) is 65.0 Å². The predicted octanol–water partition coefficient (Wildman–Crippen LogP) is 6.71. The lowest BCUT2D eigenvalue weighted by Gasteiger charge is -2.50. The molecule has 38 heavy (non-hydrogen) atoms. The molecule has 0 amide bonds. The van der Waals surface area contributed by atoms with Crippen molar-refractivity contribution < 1.29 is 9.90 Å². The van der Waals surface area contributed by atoms with E-state index in [9.17, 15) is 9.90 Å². The van der Waals surface area contributed by atoms with Crippen LogP contribution in [0.25, 0.3) is 0 Å². The van der Waals surface area contributed by atoms with Gasteiger partial charge in [0.1, 0.15) is 5.02 Å². The molecule has 1 aromatic heterocycles. The minimum Gasteiger partial charge on any atom is -0.481 e. The Morgan fingerprint density at radius 2 is 1.87 bits per heavy atom. The third-order valence-corrected chi connectivity index (χ3v) is 9.87. The molecule has 0 spiro atoms. The van der Waals surface area contributed by atoms with Gasteiger partial charge < -0.3 is 20.2 Å². The minimum atomic E-state index is -0.661. The number of nitrogens with zero attached hydrogens (tertiary/aromatic N) is 4. The molecule has 2 N–H and O–H groups in total. The number of halogens is 3. The number of piperidine rings is 1. The van der Waals surface area contributed by atoms with Gasteiger partial charge in [0.05, 0.1) is 17.2 Å². The molecule has 3 unspecified atom stereocenters. The third-order valence-electron chi connectivity index (χ3n) is 8.86. The number of likely N-dealkylation sites (tertiary alicyclic amines) is 1. The molecule has 206 valence electrons. The zero-order valence-corrected chi connectivity index (χ0v) is 24.5. The molecule has 3 atom stereocenters. The van der Waals surface area contributed by atoms with E-state index in [2.05, 4.69) is 15.1 Å². The molecule has 2 aromatic rings. The monoisotopic (exact) mass is 579 g/mol. The summed E-state index contributed by atoms with van der Waals surface area (Å²) in [6, 6.07) is 5.76. The molecule has 0 radical (unpaired) electrons. The number of hydrogen-bond acceptors (Lipinski definition) is 6. The molecule has 10 heteroatoms. The van der Waals surface area contributed by atoms with Crippen molar-refractivity contribution >= 4 is 52.5 Å². The molecular weight excluding hydrogens is 545 g/mol. The summed E-state index contributed by atoms with van der Waals surface area (Å²) in [5.41, 5.74) is 1.11. The quantitative estimate of drug-likeness (QED) is 0.377. The summed E-state index contributed by atoms with van der Waals surface area (Å²) in [5, 5.41) is 14.6. The average molecular weight is 581 g/mol. The zero-order chi connectivity index (χ0) is 27.2. The molecule has 1 aromatic carbocycles. The summed E-state index contributed by atoms with van der Waals surface area (Å²) < 4.78 is 0. The van der Waals surface area contributed by atoms with Crippen molar-refractivity contribution in [1.82, 2.24) is 14.9 Å². The van der Waals surface area contributed by atoms with Crippen LogP contribution >= 0.6 is 34.8 Å². The van der Waals surface area contributed by atoms with Crippen LogP contribution in [0.15, 0.2) is 18.2 Å². The highest BCUT2D eigenvalue weighted by atomic mass is 35.5. The first-order valence-electron chi connectivity index (χ1n) is 13.5. The van der Waals surface area contributed by atoms with E-state index in [0.29, 0.717) is 44.7 Å². The van der Waals surface area contributed by atoms with Gasteiger partial charge in [0.25, 0.3) is 0 Å². The number of carbonyl (C=O) groups is 1. The highest BCUT2D eigenvalue weighted by Gasteiger charge is 2.49. The van der Waals surface area contributed by atoms with E-state index in [1.165, 1.54) is 12.8 Å². The highest BCUT2D eigenvalue weighted by Crippen LogP contribution is 2.45. The van der Waals surface area contributed by atoms with E-state index in [0.717, 1.165) is 56.7 Å². The van der Waals surface area contributed by atoms with E-state index in [-0.39, 0.29) is 6.04 Å². The fourth-order valence-corrected chi connectivity index (χ4v) is 7.15. The van der Waals surface area contributed by atoms with Gasteiger partial charge in [-0.25, -0.2) is 4.98 Å². The summed E-state index contributed by atoms with van der Waals surface area (Å²) in [6.07, 6.45) is 5.04. The molecule has 2 saturated heterocycles. The number of anilines is 2. The van der Waals surface area contributed by atoms with Gasteiger partial charge >= 0.3 is 5.97 Å². The Balaban J connectivity index is 1.24. The van der Waals surface area contributed by atoms with Crippen LogP contribution in [0.4, 0.5) is 11.8 Å². The maximum atomic E-state index is 11.5. The van der Waals surface area contributed by atoms with Crippen molar-refractivity contribution in [3.63, 3.8) is 0 Å². The number of nitrogens with one attached hydrogen (secondary N) is 1. The maximum absolute atomic E-state index is 11.5. The normalized spacial score (nSPS) is 28.7. The van der Waals surface area contributed by atoms with Crippen LogP contribution in [0.5, 0.6) is 0 Å². The van der Waals surface area contributed by atoms with Crippen LogP contribution in [0, 0.1) is 24.2 Å². The van der Waals surface area contributed by atoms with Crippen molar-refractivity contribution in [2.24, 2.45) is 17.3 Å². The number of benzene rings is 1. The molecule has 3 heterocycles. The Hall–Kier alpha value is -1.80. The first-order chi connectivity index (χ1) is 18.0. The molecule has 2 aliphatic heterocycles. The number of carboxylic acid groups (broad SMARTS) is 1. The Labute approximate surface area is 239 Å². The minimum absolute atomic E-state index is 0.117. The van der Waals surface area contributed by atoms with Gasteiger partial charge in [0.2, 0.25) is 5.95 Å². The number of carboxylic acids is 1. The second-order valence-corrected chi connectivity index (χ2v) is 12.8. The zero-order valence-electron chi connectivity index (χ0n) is 22.2. The van der Waals surface area contributed by atoms with Gasteiger partial charge in [-0.3, -0.25) is 4.79 Å². The van der Waals surface area contributed by atoms with Crippen LogP contribution in [-0.4, -0.2) is 58.2 Å². The summed E-state index contributed by atoms with van der Waals surface area (Å²) in [5.74, 6) is 1.84. The Morgan fingerprint density at radius 1 is 1.13 bits per heavy atom. The maximum Gasteiger partial charge on any atom is 0.309 e. The number of hydrogen-bond donors (Lipinski definition) is 2. The number of aliphatic carboxylic acids is 1. The predicted molar refractivity (Wildman–Crippen MR) is 154 cm³/mol. The second-order valence-electron chi connectivity index (χ2n) is 11.6. The van der Waals surface area contributed by atoms with Gasteiger partial charge in [-0.05, 0) is 89.0 Å². The molecule has 3 aliphatic rings. The summed E-state index contributed by atoms with van der Waals surface area (Å²) >= 11 is 19.1. The van der Waals surface area contributed by atoms with Crippen molar-refractivity contribution in [1.29, 1.82) is 0 Å². The fraction of sp³-hybridized carbons (Fsp3) is 0.607. The fourth-order valence-electron chi connectivity index (χ4n) is 6.44. The summed E-state index contributed by atoms with van der Waals surface area (Å²) in [4.78, 5) is 26.0. The molecule has 7 nitrogen and oxygen atoms in total. The summed E-state index contributed by atoms with van der Waals surface area (Å²) in [6.45, 7) is 9.79. The lowest BCUT2D eigenvalue weighted by molar-refractivity contribution is -0.158. The largest absolute Gasteiger partial charge is 0.481 e. The number of aryl methyl sites for hydroxylation is 1. The molecule has 1 saturated carbocycles. The van der Waals surface area contributed by atoms with Crippen LogP contribution in [-0.2, 0) is 4.79 Å². The Kier molecular flexibility index (Phi) is 8.03. The topological polar surface area (TPSA) is 81.6 Å². The molecule has 5 rings (SSSR count). The van der Waals surface area contributed by atoms with Crippen molar-refractivity contribution in [3.8, 4) is 0 Å². The third kappa shape index (κ3) is 5.58. The first-order valence-corrected chi connectivity index (χ1v) is 14.7. The standard InChI is InChI=1S/C28H36Cl3N5O2/c1-16(22-7-6-20(29)11-23(22)30)32-25-24(31)17(2)33-27(34-25)36-10-8-19(15-36)18-5-4-9-35(14-18)21-12-28(3,13-21)26(37)38/h6-7,11,16,18-19,21H,4-5,8-10,12-15H2,1-3H3,(H,37,38)(H,32,33,34). The molecule has 3 fully saturated rings. The first kappa shape index (κ1) is 27.8. The van der Waals surface area contributed by atoms with Crippen LogP contribution < -0.4 is 10.2 Å². The van der Waals surface area contributed by atoms with E-state index in [1.54, 1.807) is 6.07 Å². The number of aromatic nitrogens is 2. The van der Waals surface area contributed by atoms with Gasteiger partial charge in [-0.1, -0.05) is 40.9 Å². The van der Waals surface area contributed by atoms with Crippen LogP contribution in [0.2, 0.25) is 15.1 Å². The van der Waals surface area contributed by atoms with Crippen molar-refractivity contribution in [3.05, 3.63) is 44.5 Å². The van der Waals surface area contributed by atoms with Crippen LogP contribution in [0.1, 0.15) is 63.3 Å². The molecule has 0 bridgehead atoms. The number of rotatable bonds is 7. The molecule has 1 aliphatic carbocycles. The molecular formula is C28H36Cl3N5O2. The lowest BCUT2D eigenvalue weighted by Crippen LogP contribution is -2.55. The average Bonchev–Trinajstić information content (AvgIpc) is 3.35. The lowest BCUT2D eigenvalue weighted by atomic mass is 9.65. The highest BCUT2D eigenvalue weighted by molar-refractivity contribution is 6.35. The smallest absolute Gasteiger partial charge is 0.309 e. The van der Waals surface area contributed by atoms with E-state index in [4.69, 9.17) is 44.8 Å². The van der Waals surface area contributed by atoms with Gasteiger partial charge in [-0.15, -0.1) is 0 Å². The van der Waals surface area contributed by atoms with E-state index >= 15 is 0 Å². The SMILES string of the molecule is Cc1nc(N2CCC(C3CCCN(C4CC(C)(C(=O)O)C4)C3)C2)nc(NC(C)c2ccc(Cl)cc2Cl)c1Cl. The van der Waals surface area contributed by atoms with Gasteiger partial charge in [0.15, 0.2) is 5.82 Å². The van der Waals surface area contributed by atoms with E-state index < -0.39 is 11.4 Å². The van der Waals surface area contributed by atoms with Gasteiger partial charge in [0, 0.05) is 35.7 Å². The Morgan fingerprint density at radius 3 is 2.58 bits per heavy atom.